The normalized spacial score (nSPS) is 11.3. The largest absolute Gasteiger partial charge is 0.492 e. The quantitative estimate of drug-likeness (QED) is 0.378. The van der Waals surface area contributed by atoms with Gasteiger partial charge in [0.15, 0.2) is 5.84 Å². The first-order valence-electron chi connectivity index (χ1n) is 6.01. The first-order valence-corrected chi connectivity index (χ1v) is 6.01. The Bertz CT molecular complexity index is 603. The molecule has 0 spiro atoms. The number of rotatable bonds is 5. The number of oxime groups is 1. The maximum atomic E-state index is 13.2. The van der Waals surface area contributed by atoms with Crippen molar-refractivity contribution in [2.45, 2.75) is 6.42 Å². The van der Waals surface area contributed by atoms with E-state index in [0.717, 1.165) is 11.8 Å². The lowest BCUT2D eigenvalue weighted by molar-refractivity contribution is 0.312. The Hall–Kier alpha value is -2.63. The third-order valence-corrected chi connectivity index (χ3v) is 2.67. The van der Waals surface area contributed by atoms with Crippen molar-refractivity contribution in [1.82, 2.24) is 4.98 Å². The number of aromatic nitrogens is 1. The van der Waals surface area contributed by atoms with Gasteiger partial charge < -0.3 is 15.7 Å². The maximum absolute atomic E-state index is 13.2. The van der Waals surface area contributed by atoms with Gasteiger partial charge >= 0.3 is 0 Å². The van der Waals surface area contributed by atoms with Crippen LogP contribution in [0.4, 0.5) is 4.39 Å². The molecule has 2 aromatic rings. The van der Waals surface area contributed by atoms with Gasteiger partial charge in [-0.15, -0.1) is 0 Å². The number of nitrogens with two attached hydrogens (primary N) is 1. The minimum atomic E-state index is -0.483. The molecule has 0 radical (unpaired) electrons. The van der Waals surface area contributed by atoms with Crippen LogP contribution in [-0.2, 0) is 6.42 Å². The molecule has 0 aliphatic rings. The van der Waals surface area contributed by atoms with Crippen LogP contribution < -0.4 is 10.5 Å². The molecule has 0 aliphatic carbocycles. The van der Waals surface area contributed by atoms with E-state index in [2.05, 4.69) is 10.1 Å². The van der Waals surface area contributed by atoms with Crippen LogP contribution in [0.2, 0.25) is 0 Å². The molecular weight excluding hydrogens is 261 g/mol. The first kappa shape index (κ1) is 13.8. The Morgan fingerprint density at radius 2 is 2.20 bits per heavy atom. The van der Waals surface area contributed by atoms with Crippen LogP contribution in [0.5, 0.6) is 5.75 Å². The van der Waals surface area contributed by atoms with E-state index in [1.165, 1.54) is 12.1 Å². The second-order valence-electron chi connectivity index (χ2n) is 4.05. The molecule has 5 nitrogen and oxygen atoms in total. The van der Waals surface area contributed by atoms with Crippen LogP contribution in [0.3, 0.4) is 0 Å². The number of amidine groups is 1. The zero-order chi connectivity index (χ0) is 14.4. The average molecular weight is 275 g/mol. The van der Waals surface area contributed by atoms with E-state index >= 15 is 0 Å². The Morgan fingerprint density at radius 1 is 1.35 bits per heavy atom. The molecule has 2 rings (SSSR count). The molecule has 0 amide bonds. The molecule has 0 unspecified atom stereocenters. The van der Waals surface area contributed by atoms with Gasteiger partial charge in [0.1, 0.15) is 11.6 Å². The minimum absolute atomic E-state index is 0.197. The number of ether oxygens (including phenoxy) is 1. The maximum Gasteiger partial charge on any atom is 0.173 e. The summed E-state index contributed by atoms with van der Waals surface area (Å²) in [5.74, 6) is -0.321. The topological polar surface area (TPSA) is 80.7 Å². The van der Waals surface area contributed by atoms with E-state index in [9.17, 15) is 4.39 Å². The predicted octanol–water partition coefficient (Wildman–Crippen LogP) is 1.94. The average Bonchev–Trinajstić information content (AvgIpc) is 2.49. The van der Waals surface area contributed by atoms with Gasteiger partial charge in [-0.2, -0.15) is 0 Å². The van der Waals surface area contributed by atoms with Crippen molar-refractivity contribution < 1.29 is 14.3 Å². The fraction of sp³-hybridized carbons (Fsp3) is 0.143. The van der Waals surface area contributed by atoms with Gasteiger partial charge in [-0.3, -0.25) is 4.98 Å². The number of hydrogen-bond acceptors (Lipinski definition) is 4. The van der Waals surface area contributed by atoms with Crippen LogP contribution in [0, 0.1) is 5.82 Å². The van der Waals surface area contributed by atoms with Crippen molar-refractivity contribution in [1.29, 1.82) is 0 Å². The van der Waals surface area contributed by atoms with E-state index in [1.807, 2.05) is 18.2 Å². The Kier molecular flexibility index (Phi) is 4.49. The molecule has 0 aliphatic heterocycles. The highest BCUT2D eigenvalue weighted by atomic mass is 19.1. The summed E-state index contributed by atoms with van der Waals surface area (Å²) in [7, 11) is 0. The van der Waals surface area contributed by atoms with Crippen LogP contribution >= 0.6 is 0 Å². The molecule has 1 aromatic heterocycles. The summed E-state index contributed by atoms with van der Waals surface area (Å²) in [4.78, 5) is 4.17. The second kappa shape index (κ2) is 6.51. The Labute approximate surface area is 115 Å². The van der Waals surface area contributed by atoms with Crippen LogP contribution in [0.25, 0.3) is 0 Å². The molecule has 104 valence electrons. The van der Waals surface area contributed by atoms with Crippen molar-refractivity contribution in [2.75, 3.05) is 6.61 Å². The Morgan fingerprint density at radius 3 is 2.90 bits per heavy atom. The lowest BCUT2D eigenvalue weighted by Crippen LogP contribution is -2.16. The number of pyridine rings is 1. The molecule has 6 heteroatoms. The summed E-state index contributed by atoms with van der Waals surface area (Å²) in [5, 5.41) is 11.5. The standard InChI is InChI=1S/C14H14FN3O2/c15-10-4-5-13(12(9-10)14(16)18-19)20-8-6-11-3-1-2-7-17-11/h1-5,7,9,19H,6,8H2,(H2,16,18). The molecule has 0 saturated carbocycles. The van der Waals surface area contributed by atoms with Gasteiger partial charge in [0.2, 0.25) is 0 Å². The van der Waals surface area contributed by atoms with Crippen molar-refractivity contribution in [2.24, 2.45) is 10.9 Å². The molecule has 0 fully saturated rings. The van der Waals surface area contributed by atoms with E-state index in [-0.39, 0.29) is 11.4 Å². The lowest BCUT2D eigenvalue weighted by Gasteiger charge is -2.10. The molecular formula is C14H14FN3O2. The third kappa shape index (κ3) is 3.44. The molecule has 1 heterocycles. The Balaban J connectivity index is 2.06. The summed E-state index contributed by atoms with van der Waals surface area (Å²) in [6.45, 7) is 0.356. The summed E-state index contributed by atoms with van der Waals surface area (Å²) in [6, 6.07) is 9.47. The van der Waals surface area contributed by atoms with Gasteiger partial charge in [0.05, 0.1) is 12.2 Å². The molecule has 20 heavy (non-hydrogen) atoms. The fourth-order valence-corrected chi connectivity index (χ4v) is 1.69. The monoisotopic (exact) mass is 275 g/mol. The highest BCUT2D eigenvalue weighted by molar-refractivity contribution is 5.99. The number of halogens is 1. The van der Waals surface area contributed by atoms with Gasteiger partial charge in [0.25, 0.3) is 0 Å². The minimum Gasteiger partial charge on any atom is -0.492 e. The van der Waals surface area contributed by atoms with E-state index in [1.54, 1.807) is 6.20 Å². The molecule has 0 atom stereocenters. The SMILES string of the molecule is NC(=NO)c1cc(F)ccc1OCCc1ccccn1. The van der Waals surface area contributed by atoms with E-state index < -0.39 is 5.82 Å². The van der Waals surface area contributed by atoms with E-state index in [0.29, 0.717) is 18.8 Å². The van der Waals surface area contributed by atoms with Gasteiger partial charge in [-0.1, -0.05) is 11.2 Å². The molecule has 0 bridgehead atoms. The first-order chi connectivity index (χ1) is 9.70. The smallest absolute Gasteiger partial charge is 0.173 e. The van der Waals surface area contributed by atoms with Crippen molar-refractivity contribution >= 4 is 5.84 Å². The summed E-state index contributed by atoms with van der Waals surface area (Å²) < 4.78 is 18.7. The highest BCUT2D eigenvalue weighted by Gasteiger charge is 2.10. The second-order valence-corrected chi connectivity index (χ2v) is 4.05. The third-order valence-electron chi connectivity index (χ3n) is 2.67. The van der Waals surface area contributed by atoms with E-state index in [4.69, 9.17) is 15.7 Å². The highest BCUT2D eigenvalue weighted by Crippen LogP contribution is 2.19. The summed E-state index contributed by atoms with van der Waals surface area (Å²) in [5.41, 5.74) is 6.59. The summed E-state index contributed by atoms with van der Waals surface area (Å²) in [6.07, 6.45) is 2.31. The van der Waals surface area contributed by atoms with Crippen molar-refractivity contribution in [3.8, 4) is 5.75 Å². The van der Waals surface area contributed by atoms with Crippen LogP contribution in [0.15, 0.2) is 47.8 Å². The van der Waals surface area contributed by atoms with Gasteiger partial charge in [-0.05, 0) is 30.3 Å². The van der Waals surface area contributed by atoms with Crippen LogP contribution in [0.1, 0.15) is 11.3 Å². The number of benzene rings is 1. The zero-order valence-electron chi connectivity index (χ0n) is 10.7. The zero-order valence-corrected chi connectivity index (χ0v) is 10.7. The fourth-order valence-electron chi connectivity index (χ4n) is 1.69. The molecule has 1 aromatic carbocycles. The predicted molar refractivity (Wildman–Crippen MR) is 72.3 cm³/mol. The van der Waals surface area contributed by atoms with Crippen molar-refractivity contribution in [3.05, 3.63) is 59.7 Å². The molecule has 0 saturated heterocycles. The van der Waals surface area contributed by atoms with Gasteiger partial charge in [-0.25, -0.2) is 4.39 Å². The number of nitrogens with zero attached hydrogens (tertiary/aromatic N) is 2. The molecule has 3 N–H and O–H groups in total. The number of hydrogen-bond donors (Lipinski definition) is 2. The van der Waals surface area contributed by atoms with Gasteiger partial charge in [0, 0.05) is 18.3 Å². The summed E-state index contributed by atoms with van der Waals surface area (Å²) >= 11 is 0. The van der Waals surface area contributed by atoms with Crippen LogP contribution in [-0.4, -0.2) is 22.6 Å². The lowest BCUT2D eigenvalue weighted by atomic mass is 10.2. The van der Waals surface area contributed by atoms with Crippen molar-refractivity contribution in [3.63, 3.8) is 0 Å².